The average molecular weight is 345 g/mol. The van der Waals surface area contributed by atoms with Crippen molar-refractivity contribution in [2.45, 2.75) is 6.92 Å². The first-order valence-electron chi connectivity index (χ1n) is 7.86. The number of aromatic nitrogens is 1. The number of benzene rings is 3. The van der Waals surface area contributed by atoms with E-state index in [9.17, 15) is 5.11 Å². The summed E-state index contributed by atoms with van der Waals surface area (Å²) in [5.41, 5.74) is 4.81. The van der Waals surface area contributed by atoms with Gasteiger partial charge < -0.3 is 5.11 Å². The van der Waals surface area contributed by atoms with Gasteiger partial charge in [-0.25, -0.2) is 4.98 Å². The number of phenolic OH excluding ortho intramolecular Hbond substituents is 1. The molecule has 1 N–H and O–H groups in total. The molecule has 1 aromatic heterocycles. The number of aryl methyl sites for hydroxylation is 1. The first kappa shape index (κ1) is 15.5. The molecule has 0 spiro atoms. The highest BCUT2D eigenvalue weighted by Crippen LogP contribution is 2.32. The van der Waals surface area contributed by atoms with E-state index < -0.39 is 0 Å². The number of rotatable bonds is 3. The van der Waals surface area contributed by atoms with E-state index >= 15 is 0 Å². The molecule has 4 nitrogen and oxygen atoms in total. The summed E-state index contributed by atoms with van der Waals surface area (Å²) in [5.74, 6) is 0.217. The van der Waals surface area contributed by atoms with Crippen molar-refractivity contribution in [2.24, 2.45) is 10.2 Å². The molecule has 25 heavy (non-hydrogen) atoms. The van der Waals surface area contributed by atoms with E-state index in [1.807, 2.05) is 24.3 Å². The van der Waals surface area contributed by atoms with Crippen LogP contribution < -0.4 is 0 Å². The van der Waals surface area contributed by atoms with Crippen LogP contribution in [0.4, 0.5) is 11.4 Å². The Hall–Kier alpha value is -3.05. The maximum absolute atomic E-state index is 9.27. The third kappa shape index (κ3) is 3.41. The summed E-state index contributed by atoms with van der Waals surface area (Å²) in [7, 11) is 0. The van der Waals surface area contributed by atoms with Gasteiger partial charge in [0, 0.05) is 5.56 Å². The number of fused-ring (bicyclic) bond motifs is 1. The maximum atomic E-state index is 9.27. The molecule has 0 amide bonds. The fraction of sp³-hybridized carbons (Fsp3) is 0.0500. The minimum atomic E-state index is 0.217. The Morgan fingerprint density at radius 2 is 1.48 bits per heavy atom. The smallest absolute Gasteiger partial charge is 0.124 e. The van der Waals surface area contributed by atoms with Crippen LogP contribution in [0, 0.1) is 6.92 Å². The average Bonchev–Trinajstić information content (AvgIpc) is 3.05. The molecular weight excluding hydrogens is 330 g/mol. The van der Waals surface area contributed by atoms with E-state index in [2.05, 4.69) is 35.4 Å². The lowest BCUT2D eigenvalue weighted by Gasteiger charge is -1.97. The van der Waals surface area contributed by atoms with Gasteiger partial charge in [-0.3, -0.25) is 0 Å². The van der Waals surface area contributed by atoms with Gasteiger partial charge in [0.05, 0.1) is 21.6 Å². The summed E-state index contributed by atoms with van der Waals surface area (Å²) in [6.45, 7) is 2.09. The van der Waals surface area contributed by atoms with E-state index in [0.717, 1.165) is 21.8 Å². The predicted octanol–water partition coefficient (Wildman–Crippen LogP) is 6.39. The molecule has 0 saturated heterocycles. The van der Waals surface area contributed by atoms with Crippen molar-refractivity contribution < 1.29 is 5.11 Å². The molecule has 4 aromatic rings. The summed E-state index contributed by atoms with van der Waals surface area (Å²) in [6.07, 6.45) is 0. The molecule has 0 aliphatic heterocycles. The molecule has 0 atom stereocenters. The molecule has 0 aliphatic rings. The lowest BCUT2D eigenvalue weighted by atomic mass is 10.2. The van der Waals surface area contributed by atoms with Crippen LogP contribution in [0.5, 0.6) is 5.75 Å². The first-order chi connectivity index (χ1) is 12.2. The Balaban J connectivity index is 1.57. The summed E-state index contributed by atoms with van der Waals surface area (Å²) >= 11 is 1.69. The molecule has 0 radical (unpaired) electrons. The number of thiazole rings is 1. The van der Waals surface area contributed by atoms with Crippen LogP contribution in [-0.2, 0) is 0 Å². The van der Waals surface area contributed by atoms with Crippen molar-refractivity contribution in [3.63, 3.8) is 0 Å². The lowest BCUT2D eigenvalue weighted by Crippen LogP contribution is -1.75. The van der Waals surface area contributed by atoms with Crippen molar-refractivity contribution in [2.75, 3.05) is 0 Å². The third-order valence-corrected chi connectivity index (χ3v) is 4.86. The highest BCUT2D eigenvalue weighted by Gasteiger charge is 2.06. The van der Waals surface area contributed by atoms with Gasteiger partial charge in [0.15, 0.2) is 0 Å². The van der Waals surface area contributed by atoms with Crippen LogP contribution in [0.2, 0.25) is 0 Å². The highest BCUT2D eigenvalue weighted by molar-refractivity contribution is 7.21. The summed E-state index contributed by atoms with van der Waals surface area (Å²) in [5, 5.41) is 18.7. The molecule has 0 unspecified atom stereocenters. The highest BCUT2D eigenvalue weighted by atomic mass is 32.1. The van der Waals surface area contributed by atoms with Gasteiger partial charge in [-0.05, 0) is 73.2 Å². The van der Waals surface area contributed by atoms with Crippen molar-refractivity contribution >= 4 is 32.9 Å². The fourth-order valence-electron chi connectivity index (χ4n) is 2.46. The molecule has 5 heteroatoms. The molecule has 0 bridgehead atoms. The predicted molar refractivity (Wildman–Crippen MR) is 102 cm³/mol. The van der Waals surface area contributed by atoms with Gasteiger partial charge in [0.1, 0.15) is 10.8 Å². The number of hydrogen-bond acceptors (Lipinski definition) is 5. The van der Waals surface area contributed by atoms with Gasteiger partial charge in [-0.15, -0.1) is 11.3 Å². The molecule has 0 saturated carbocycles. The topological polar surface area (TPSA) is 57.8 Å². The number of aromatic hydroxyl groups is 1. The SMILES string of the molecule is Cc1ccc2nc(-c3ccc(/N=N/c4ccc(O)cc4)cc3)sc2c1. The van der Waals surface area contributed by atoms with Gasteiger partial charge in [0.2, 0.25) is 0 Å². The van der Waals surface area contributed by atoms with Gasteiger partial charge in [-0.1, -0.05) is 6.07 Å². The number of phenols is 1. The largest absolute Gasteiger partial charge is 0.508 e. The minimum absolute atomic E-state index is 0.217. The molecule has 0 aliphatic carbocycles. The van der Waals surface area contributed by atoms with E-state index in [1.54, 1.807) is 35.6 Å². The van der Waals surface area contributed by atoms with Crippen molar-refractivity contribution in [1.82, 2.24) is 4.98 Å². The standard InChI is InChI=1S/C20H15N3OS/c1-13-2-11-18-19(12-13)25-20(21-18)14-3-5-15(6-4-14)22-23-16-7-9-17(24)10-8-16/h2-12,24H,1H3/b23-22+. The van der Waals surface area contributed by atoms with E-state index in [1.165, 1.54) is 10.3 Å². The van der Waals surface area contributed by atoms with Crippen LogP contribution >= 0.6 is 11.3 Å². The van der Waals surface area contributed by atoms with Crippen molar-refractivity contribution in [3.8, 4) is 16.3 Å². The van der Waals surface area contributed by atoms with Crippen LogP contribution in [0.15, 0.2) is 77.0 Å². The molecule has 0 fully saturated rings. The summed E-state index contributed by atoms with van der Waals surface area (Å²) < 4.78 is 1.20. The monoisotopic (exact) mass is 345 g/mol. The number of nitrogens with zero attached hydrogens (tertiary/aromatic N) is 3. The number of azo groups is 1. The zero-order valence-electron chi connectivity index (χ0n) is 13.5. The fourth-order valence-corrected chi connectivity index (χ4v) is 3.53. The molecule has 122 valence electrons. The van der Waals surface area contributed by atoms with E-state index in [0.29, 0.717) is 5.69 Å². The second-order valence-corrected chi connectivity index (χ2v) is 6.78. The van der Waals surface area contributed by atoms with Crippen LogP contribution in [0.25, 0.3) is 20.8 Å². The Morgan fingerprint density at radius 3 is 2.16 bits per heavy atom. The molecule has 3 aromatic carbocycles. The quantitative estimate of drug-likeness (QED) is 0.437. The second kappa shape index (κ2) is 6.45. The van der Waals surface area contributed by atoms with Crippen LogP contribution in [0.1, 0.15) is 5.56 Å². The Labute approximate surface area is 149 Å². The second-order valence-electron chi connectivity index (χ2n) is 5.75. The van der Waals surface area contributed by atoms with Gasteiger partial charge in [0.25, 0.3) is 0 Å². The van der Waals surface area contributed by atoms with E-state index in [4.69, 9.17) is 4.98 Å². The summed E-state index contributed by atoms with van der Waals surface area (Å²) in [4.78, 5) is 4.70. The zero-order chi connectivity index (χ0) is 17.2. The van der Waals surface area contributed by atoms with E-state index in [-0.39, 0.29) is 5.75 Å². The van der Waals surface area contributed by atoms with Crippen molar-refractivity contribution in [3.05, 3.63) is 72.3 Å². The molecule has 1 heterocycles. The first-order valence-corrected chi connectivity index (χ1v) is 8.67. The molecule has 4 rings (SSSR count). The van der Waals surface area contributed by atoms with Gasteiger partial charge in [-0.2, -0.15) is 10.2 Å². The van der Waals surface area contributed by atoms with Crippen molar-refractivity contribution in [1.29, 1.82) is 0 Å². The Kier molecular flexibility index (Phi) is 3.99. The zero-order valence-corrected chi connectivity index (χ0v) is 14.4. The Bertz CT molecular complexity index is 1050. The summed E-state index contributed by atoms with van der Waals surface area (Å²) in [6, 6.07) is 20.8. The minimum Gasteiger partial charge on any atom is -0.508 e. The van der Waals surface area contributed by atoms with Crippen LogP contribution in [0.3, 0.4) is 0 Å². The molecular formula is C20H15N3OS. The normalized spacial score (nSPS) is 11.4. The lowest BCUT2D eigenvalue weighted by molar-refractivity contribution is 0.475. The Morgan fingerprint density at radius 1 is 0.840 bits per heavy atom. The maximum Gasteiger partial charge on any atom is 0.124 e. The van der Waals surface area contributed by atoms with Crippen LogP contribution in [-0.4, -0.2) is 10.1 Å². The number of hydrogen-bond donors (Lipinski definition) is 1. The third-order valence-electron chi connectivity index (χ3n) is 3.79. The van der Waals surface area contributed by atoms with Gasteiger partial charge >= 0.3 is 0 Å².